The van der Waals surface area contributed by atoms with Crippen LogP contribution in [0.4, 0.5) is 4.79 Å². The van der Waals surface area contributed by atoms with E-state index in [-0.39, 0.29) is 42.5 Å². The van der Waals surface area contributed by atoms with Crippen LogP contribution in [-0.2, 0) is 28.5 Å². The Morgan fingerprint density at radius 3 is 2.53 bits per heavy atom. The molecule has 11 heteroatoms. The van der Waals surface area contributed by atoms with Gasteiger partial charge in [0.25, 0.3) is 0 Å². The van der Waals surface area contributed by atoms with Crippen LogP contribution in [0, 0.1) is 17.8 Å². The van der Waals surface area contributed by atoms with Crippen LogP contribution in [-0.4, -0.2) is 120 Å². The first-order valence-electron chi connectivity index (χ1n) is 16.4. The van der Waals surface area contributed by atoms with Crippen LogP contribution in [0.5, 0.6) is 0 Å². The summed E-state index contributed by atoms with van der Waals surface area (Å²) in [6, 6.07) is -0.541. The highest BCUT2D eigenvalue weighted by Gasteiger charge is 2.59. The molecule has 0 aromatic rings. The SMILES string of the molecule is C=CCO[C@@]1(C)C[C@@H](C)C2=NCCN3C(=O)O[C@](C)([C@@H](C)OC(=O)C(C)=C[C@H](C)[C@H]1O[C@H]1O[C@@H](C)C[C@@H](N(C)C)C1O)[C@H]3[C@H]2C. The van der Waals surface area contributed by atoms with Crippen LogP contribution in [0.1, 0.15) is 68.2 Å². The molecular formula is C34H55N3O8. The van der Waals surface area contributed by atoms with Crippen molar-refractivity contribution in [3.05, 3.63) is 24.3 Å². The van der Waals surface area contributed by atoms with Crippen molar-refractivity contribution in [3.8, 4) is 0 Å². The second-order valence-corrected chi connectivity index (χ2v) is 14.2. The van der Waals surface area contributed by atoms with Crippen molar-refractivity contribution in [1.82, 2.24) is 9.80 Å². The van der Waals surface area contributed by atoms with Gasteiger partial charge >= 0.3 is 12.1 Å². The summed E-state index contributed by atoms with van der Waals surface area (Å²) in [5.74, 6) is -1.14. The molecule has 0 aliphatic carbocycles. The van der Waals surface area contributed by atoms with Gasteiger partial charge in [0.15, 0.2) is 11.9 Å². The lowest BCUT2D eigenvalue weighted by molar-refractivity contribution is -0.295. The van der Waals surface area contributed by atoms with E-state index in [0.29, 0.717) is 31.5 Å². The molecule has 11 nitrogen and oxygen atoms in total. The second-order valence-electron chi connectivity index (χ2n) is 14.2. The third-order valence-electron chi connectivity index (χ3n) is 10.3. The third kappa shape index (κ3) is 7.02. The summed E-state index contributed by atoms with van der Waals surface area (Å²) >= 11 is 0. The van der Waals surface area contributed by atoms with Gasteiger partial charge in [-0.1, -0.05) is 32.9 Å². The molecule has 1 N–H and O–H groups in total. The van der Waals surface area contributed by atoms with E-state index < -0.39 is 47.9 Å². The molecule has 0 spiro atoms. The number of aliphatic imine (C=N–C) groups is 1. The van der Waals surface area contributed by atoms with Gasteiger partial charge in [-0.2, -0.15) is 0 Å². The molecule has 4 rings (SSSR count). The van der Waals surface area contributed by atoms with E-state index in [0.717, 1.165) is 5.71 Å². The summed E-state index contributed by atoms with van der Waals surface area (Å²) in [5, 5.41) is 11.4. The maximum Gasteiger partial charge on any atom is 0.410 e. The highest BCUT2D eigenvalue weighted by molar-refractivity contribution is 5.91. The number of aliphatic hydroxyl groups excluding tert-OH is 1. The monoisotopic (exact) mass is 633 g/mol. The Labute approximate surface area is 268 Å². The van der Waals surface area contributed by atoms with Crippen LogP contribution in [0.3, 0.4) is 0 Å². The number of esters is 1. The molecule has 0 saturated carbocycles. The number of hydrogen-bond donors (Lipinski definition) is 1. The largest absolute Gasteiger partial charge is 0.455 e. The maximum absolute atomic E-state index is 13.5. The van der Waals surface area contributed by atoms with E-state index in [9.17, 15) is 14.7 Å². The topological polar surface area (TPSA) is 119 Å². The molecule has 0 aromatic heterocycles. The number of likely N-dealkylation sites (N-methyl/N-ethyl adjacent to an activating group) is 1. The lowest BCUT2D eigenvalue weighted by atomic mass is 9.74. The number of aliphatic hydroxyl groups is 1. The Bertz CT molecular complexity index is 1170. The van der Waals surface area contributed by atoms with Gasteiger partial charge in [-0.15, -0.1) is 6.58 Å². The summed E-state index contributed by atoms with van der Waals surface area (Å²) < 4.78 is 31.6. The number of cyclic esters (lactones) is 1. The highest BCUT2D eigenvalue weighted by Crippen LogP contribution is 2.43. The number of amides is 1. The Morgan fingerprint density at radius 2 is 1.89 bits per heavy atom. The summed E-state index contributed by atoms with van der Waals surface area (Å²) in [5.41, 5.74) is -0.661. The Hall–Kier alpha value is -2.31. The summed E-state index contributed by atoms with van der Waals surface area (Å²) in [6.07, 6.45) is 0.980. The standard InChI is InChI=1S/C34H55N3O8/c1-12-15-41-33(8)18-21(4)26-23(6)28-34(9,45-32(40)37(28)14-13-35-26)24(7)43-30(39)20(3)16-19(2)29(33)44-31-27(38)25(36(10)11)17-22(5)42-31/h12,16,19,21-25,27-29,31,38H,1,13-15,17-18H2,2-11H3/t19-,21+,22-,23-,24+,25+,27?,28+,29+,31+,33-,34+/m0/s1. The normalized spacial score (nSPS) is 43.1. The Balaban J connectivity index is 1.82. The lowest BCUT2D eigenvalue weighted by Crippen LogP contribution is -2.59. The lowest BCUT2D eigenvalue weighted by Gasteiger charge is -2.47. The first-order chi connectivity index (χ1) is 21.0. The number of carbonyl (C=O) groups excluding carboxylic acids is 2. The zero-order valence-corrected chi connectivity index (χ0v) is 28.8. The van der Waals surface area contributed by atoms with Crippen LogP contribution in [0.15, 0.2) is 29.3 Å². The molecule has 0 radical (unpaired) electrons. The molecule has 2 bridgehead atoms. The Morgan fingerprint density at radius 1 is 1.20 bits per heavy atom. The molecule has 45 heavy (non-hydrogen) atoms. The number of carbonyl (C=O) groups is 2. The van der Waals surface area contributed by atoms with Crippen LogP contribution in [0.2, 0.25) is 0 Å². The fourth-order valence-electron chi connectivity index (χ4n) is 8.01. The zero-order chi connectivity index (χ0) is 33.4. The van der Waals surface area contributed by atoms with Crippen molar-refractivity contribution in [2.24, 2.45) is 22.7 Å². The average Bonchev–Trinajstić information content (AvgIpc) is 3.09. The predicted octanol–water partition coefficient (Wildman–Crippen LogP) is 3.98. The average molecular weight is 634 g/mol. The molecule has 2 saturated heterocycles. The van der Waals surface area contributed by atoms with Crippen molar-refractivity contribution in [2.75, 3.05) is 33.8 Å². The number of nitrogens with zero attached hydrogens (tertiary/aromatic N) is 3. The second kappa shape index (κ2) is 13.8. The number of fused-ring (bicyclic) bond motifs is 1. The van der Waals surface area contributed by atoms with Gasteiger partial charge < -0.3 is 33.7 Å². The fourth-order valence-corrected chi connectivity index (χ4v) is 8.01. The van der Waals surface area contributed by atoms with E-state index in [1.165, 1.54) is 0 Å². The summed E-state index contributed by atoms with van der Waals surface area (Å²) in [6.45, 7) is 20.5. The van der Waals surface area contributed by atoms with Crippen molar-refractivity contribution in [2.45, 2.75) is 122 Å². The van der Waals surface area contributed by atoms with Gasteiger partial charge in [0.1, 0.15) is 12.2 Å². The third-order valence-corrected chi connectivity index (χ3v) is 10.3. The quantitative estimate of drug-likeness (QED) is 0.342. The minimum atomic E-state index is -1.07. The van der Waals surface area contributed by atoms with Gasteiger partial charge in [-0.25, -0.2) is 9.59 Å². The minimum absolute atomic E-state index is 0.0791. The highest BCUT2D eigenvalue weighted by atomic mass is 16.7. The van der Waals surface area contributed by atoms with Gasteiger partial charge in [0.2, 0.25) is 0 Å². The smallest absolute Gasteiger partial charge is 0.410 e. The van der Waals surface area contributed by atoms with E-state index in [2.05, 4.69) is 20.4 Å². The number of hydrogen-bond acceptors (Lipinski definition) is 10. The minimum Gasteiger partial charge on any atom is -0.455 e. The van der Waals surface area contributed by atoms with E-state index in [4.69, 9.17) is 28.7 Å². The maximum atomic E-state index is 13.5. The molecule has 4 aliphatic heterocycles. The zero-order valence-electron chi connectivity index (χ0n) is 28.8. The van der Waals surface area contributed by atoms with Gasteiger partial charge in [0.05, 0.1) is 37.0 Å². The molecular weight excluding hydrogens is 578 g/mol. The van der Waals surface area contributed by atoms with E-state index in [1.54, 1.807) is 24.8 Å². The number of ether oxygens (including phenoxy) is 5. The van der Waals surface area contributed by atoms with Crippen molar-refractivity contribution in [1.29, 1.82) is 0 Å². The van der Waals surface area contributed by atoms with Crippen molar-refractivity contribution < 1.29 is 38.4 Å². The summed E-state index contributed by atoms with van der Waals surface area (Å²) in [4.78, 5) is 35.4. The molecule has 254 valence electrons. The first kappa shape index (κ1) is 35.5. The fraction of sp³-hybridized carbons (Fsp3) is 0.794. The molecule has 0 aromatic carbocycles. The molecule has 4 aliphatic rings. The molecule has 1 amide bonds. The van der Waals surface area contributed by atoms with Gasteiger partial charge in [-0.3, -0.25) is 9.89 Å². The predicted molar refractivity (Wildman–Crippen MR) is 171 cm³/mol. The number of rotatable bonds is 6. The Kier molecular flexibility index (Phi) is 10.9. The molecule has 1 unspecified atom stereocenters. The van der Waals surface area contributed by atoms with Crippen molar-refractivity contribution >= 4 is 17.8 Å². The van der Waals surface area contributed by atoms with E-state index >= 15 is 0 Å². The van der Waals surface area contributed by atoms with Crippen LogP contribution >= 0.6 is 0 Å². The van der Waals surface area contributed by atoms with Crippen molar-refractivity contribution in [3.63, 3.8) is 0 Å². The van der Waals surface area contributed by atoms with Crippen LogP contribution < -0.4 is 0 Å². The van der Waals surface area contributed by atoms with Crippen LogP contribution in [0.25, 0.3) is 0 Å². The summed E-state index contributed by atoms with van der Waals surface area (Å²) in [7, 11) is 3.88. The molecule has 4 heterocycles. The van der Waals surface area contributed by atoms with Gasteiger partial charge in [-0.05, 0) is 67.5 Å². The van der Waals surface area contributed by atoms with Gasteiger partial charge in [0, 0.05) is 35.7 Å². The molecule has 2 fully saturated rings. The first-order valence-corrected chi connectivity index (χ1v) is 16.4. The van der Waals surface area contributed by atoms with E-state index in [1.807, 2.05) is 52.8 Å². The molecule has 12 atom stereocenters.